The molecular weight excluding hydrogens is 530 g/mol. The van der Waals surface area contributed by atoms with Gasteiger partial charge in [0.15, 0.2) is 0 Å². The second kappa shape index (κ2) is 9.24. The highest BCUT2D eigenvalue weighted by Gasteiger charge is 2.62. The van der Waals surface area contributed by atoms with Crippen LogP contribution in [0.4, 0.5) is 15.8 Å². The number of nitrogens with two attached hydrogens (primary N) is 1. The molecule has 0 bridgehead atoms. The van der Waals surface area contributed by atoms with Crippen LogP contribution in [0.5, 0.6) is 0 Å². The first-order valence-electron chi connectivity index (χ1n) is 12.3. The van der Waals surface area contributed by atoms with Gasteiger partial charge in [0.05, 0.1) is 17.7 Å². The maximum absolute atomic E-state index is 15.6. The van der Waals surface area contributed by atoms with Crippen molar-refractivity contribution in [2.75, 3.05) is 18.2 Å². The minimum atomic E-state index is -1.13. The van der Waals surface area contributed by atoms with Crippen LogP contribution < -0.4 is 21.7 Å². The Morgan fingerprint density at radius 2 is 1.95 bits per heavy atom. The minimum Gasteiger partial charge on any atom is -0.465 e. The Kier molecular flexibility index (Phi) is 6.11. The molecule has 1 amide bonds. The number of fused-ring (bicyclic) bond motifs is 2. The van der Waals surface area contributed by atoms with Crippen LogP contribution in [0.25, 0.3) is 0 Å². The summed E-state index contributed by atoms with van der Waals surface area (Å²) in [5.41, 5.74) is 8.75. The molecule has 3 aliphatic heterocycles. The normalized spacial score (nSPS) is 27.6. The highest BCUT2D eigenvalue weighted by Crippen LogP contribution is 2.50. The molecule has 2 fully saturated rings. The Hall–Kier alpha value is -3.17. The number of nitrogens with one attached hydrogen (secondary N) is 3. The van der Waals surface area contributed by atoms with Crippen molar-refractivity contribution in [3.05, 3.63) is 92.7 Å². The Morgan fingerprint density at radius 1 is 1.13 bits per heavy atom. The molecule has 1 spiro atoms. The minimum absolute atomic E-state index is 0.00549. The Morgan fingerprint density at radius 3 is 2.74 bits per heavy atom. The first kappa shape index (κ1) is 25.1. The lowest BCUT2D eigenvalue weighted by molar-refractivity contribution is -0.123. The van der Waals surface area contributed by atoms with Gasteiger partial charge in [0, 0.05) is 46.9 Å². The zero-order valence-corrected chi connectivity index (χ0v) is 21.9. The van der Waals surface area contributed by atoms with E-state index in [4.69, 9.17) is 33.7 Å². The average Bonchev–Trinajstić information content (AvgIpc) is 3.42. The standard InChI is InChI=1S/C28H25Cl2FN4O3/c1-38-26(36)13-6-8-19(32)17(9-13)21-11-22-25(33-21)23(16-3-2-4-18(30)24(16)31)28(35-22)12-14-5-7-15(29)10-20(14)34-27(28)37/h2-10,21-23,25,33,35H,11-12,32H2,1H3,(H,34,37)/t21?,22-,23-,25+,28+/m0/s1. The molecule has 6 rings (SSSR count). The third-order valence-electron chi connectivity index (χ3n) is 8.04. The van der Waals surface area contributed by atoms with Crippen molar-refractivity contribution in [3.63, 3.8) is 0 Å². The number of esters is 1. The van der Waals surface area contributed by atoms with Gasteiger partial charge in [0.1, 0.15) is 11.4 Å². The number of carbonyl (C=O) groups is 2. The van der Waals surface area contributed by atoms with Gasteiger partial charge < -0.3 is 21.1 Å². The van der Waals surface area contributed by atoms with Crippen LogP contribution in [0, 0.1) is 5.82 Å². The summed E-state index contributed by atoms with van der Waals surface area (Å²) in [6.07, 6.45) is 0.919. The maximum Gasteiger partial charge on any atom is 0.337 e. The summed E-state index contributed by atoms with van der Waals surface area (Å²) in [7, 11) is 1.32. The van der Waals surface area contributed by atoms with E-state index in [1.165, 1.54) is 13.2 Å². The van der Waals surface area contributed by atoms with E-state index in [2.05, 4.69) is 16.0 Å². The average molecular weight is 555 g/mol. The van der Waals surface area contributed by atoms with Crippen LogP contribution in [0.15, 0.2) is 54.6 Å². The number of hydrogen-bond donors (Lipinski definition) is 4. The molecular formula is C28H25Cl2FN4O3. The topological polar surface area (TPSA) is 105 Å². The van der Waals surface area contributed by atoms with E-state index >= 15 is 4.39 Å². The van der Waals surface area contributed by atoms with Gasteiger partial charge in [0.2, 0.25) is 5.91 Å². The largest absolute Gasteiger partial charge is 0.465 e. The number of carbonyl (C=O) groups excluding carboxylic acids is 2. The molecule has 38 heavy (non-hydrogen) atoms. The lowest BCUT2D eigenvalue weighted by atomic mass is 9.72. The lowest BCUT2D eigenvalue weighted by Gasteiger charge is -2.40. The quantitative estimate of drug-likeness (QED) is 0.278. The van der Waals surface area contributed by atoms with Crippen molar-refractivity contribution in [2.24, 2.45) is 0 Å². The molecule has 2 saturated heterocycles. The van der Waals surface area contributed by atoms with Gasteiger partial charge in [-0.1, -0.05) is 41.4 Å². The Balaban J connectivity index is 1.42. The second-order valence-corrected chi connectivity index (χ2v) is 10.9. The molecule has 3 aromatic carbocycles. The summed E-state index contributed by atoms with van der Waals surface area (Å²) in [6.45, 7) is 0. The Labute approximate surface area is 228 Å². The third kappa shape index (κ3) is 3.86. The van der Waals surface area contributed by atoms with Crippen molar-refractivity contribution < 1.29 is 18.7 Å². The highest BCUT2D eigenvalue weighted by atomic mass is 35.5. The monoisotopic (exact) mass is 554 g/mol. The van der Waals surface area contributed by atoms with Crippen molar-refractivity contribution >= 4 is 46.5 Å². The molecule has 0 saturated carbocycles. The predicted molar refractivity (Wildman–Crippen MR) is 144 cm³/mol. The summed E-state index contributed by atoms with van der Waals surface area (Å²) >= 11 is 12.4. The van der Waals surface area contributed by atoms with Gasteiger partial charge in [-0.25, -0.2) is 9.18 Å². The first-order chi connectivity index (χ1) is 18.2. The van der Waals surface area contributed by atoms with Crippen LogP contribution in [0.2, 0.25) is 10.0 Å². The molecule has 5 N–H and O–H groups in total. The SMILES string of the molecule is COC(=O)c1ccc(N)c(C2C[C@@H]3N[C@]4(Cc5ccc(Cl)cc5NC4=O)[C@@H](c4cccc(Cl)c4F)[C@@H]3N2)c1. The summed E-state index contributed by atoms with van der Waals surface area (Å²) in [6, 6.07) is 14.5. The van der Waals surface area contributed by atoms with Crippen molar-refractivity contribution in [1.29, 1.82) is 0 Å². The van der Waals surface area contributed by atoms with E-state index in [9.17, 15) is 9.59 Å². The molecule has 0 aliphatic carbocycles. The third-order valence-corrected chi connectivity index (χ3v) is 8.57. The number of hydrogen-bond acceptors (Lipinski definition) is 6. The van der Waals surface area contributed by atoms with Crippen LogP contribution in [-0.2, 0) is 16.0 Å². The number of nitrogen functional groups attached to an aromatic ring is 1. The van der Waals surface area contributed by atoms with E-state index in [1.807, 2.05) is 6.07 Å². The molecule has 5 atom stereocenters. The zero-order chi connectivity index (χ0) is 26.8. The van der Waals surface area contributed by atoms with Crippen LogP contribution in [-0.4, -0.2) is 36.6 Å². The molecule has 3 aromatic rings. The molecule has 196 valence electrons. The van der Waals surface area contributed by atoms with Gasteiger partial charge in [0.25, 0.3) is 0 Å². The number of ether oxygens (including phenoxy) is 1. The van der Waals surface area contributed by atoms with E-state index < -0.39 is 23.2 Å². The summed E-state index contributed by atoms with van der Waals surface area (Å²) in [4.78, 5) is 25.9. The number of anilines is 2. The molecule has 1 unspecified atom stereocenters. The number of halogens is 3. The maximum atomic E-state index is 15.6. The number of rotatable bonds is 3. The number of benzene rings is 3. The smallest absolute Gasteiger partial charge is 0.337 e. The summed E-state index contributed by atoms with van der Waals surface area (Å²) < 4.78 is 20.5. The fraction of sp³-hybridized carbons (Fsp3) is 0.286. The van der Waals surface area contributed by atoms with Gasteiger partial charge in [-0.05, 0) is 59.5 Å². The molecule has 10 heteroatoms. The molecule has 7 nitrogen and oxygen atoms in total. The van der Waals surface area contributed by atoms with Gasteiger partial charge in [-0.3, -0.25) is 10.1 Å². The van der Waals surface area contributed by atoms with Crippen molar-refractivity contribution in [1.82, 2.24) is 10.6 Å². The first-order valence-corrected chi connectivity index (χ1v) is 13.0. The van der Waals surface area contributed by atoms with E-state index in [0.29, 0.717) is 40.4 Å². The molecule has 0 aromatic heterocycles. The molecule has 3 aliphatic rings. The Bertz CT molecular complexity index is 1480. The second-order valence-electron chi connectivity index (χ2n) is 10.1. The van der Waals surface area contributed by atoms with Gasteiger partial charge in [-0.2, -0.15) is 0 Å². The summed E-state index contributed by atoms with van der Waals surface area (Å²) in [5.74, 6) is -1.85. The highest BCUT2D eigenvalue weighted by molar-refractivity contribution is 6.31. The van der Waals surface area contributed by atoms with E-state index in [-0.39, 0.29) is 29.1 Å². The number of amides is 1. The van der Waals surface area contributed by atoms with E-state index in [0.717, 1.165) is 11.1 Å². The molecule has 0 radical (unpaired) electrons. The van der Waals surface area contributed by atoms with Crippen molar-refractivity contribution in [2.45, 2.75) is 42.4 Å². The lowest BCUT2D eigenvalue weighted by Crippen LogP contribution is -2.59. The van der Waals surface area contributed by atoms with E-state index in [1.54, 1.807) is 42.5 Å². The zero-order valence-electron chi connectivity index (χ0n) is 20.4. The van der Waals surface area contributed by atoms with Gasteiger partial charge in [-0.15, -0.1) is 0 Å². The van der Waals surface area contributed by atoms with Crippen LogP contribution >= 0.6 is 23.2 Å². The van der Waals surface area contributed by atoms with Crippen LogP contribution in [0.3, 0.4) is 0 Å². The molecule has 3 heterocycles. The number of methoxy groups -OCH3 is 1. The van der Waals surface area contributed by atoms with Crippen molar-refractivity contribution in [3.8, 4) is 0 Å². The van der Waals surface area contributed by atoms with Crippen LogP contribution in [0.1, 0.15) is 45.4 Å². The summed E-state index contributed by atoms with van der Waals surface area (Å²) in [5, 5.41) is 10.7. The van der Waals surface area contributed by atoms with Gasteiger partial charge >= 0.3 is 5.97 Å². The predicted octanol–water partition coefficient (Wildman–Crippen LogP) is 4.59. The fourth-order valence-corrected chi connectivity index (χ4v) is 6.73. The fourth-order valence-electron chi connectivity index (χ4n) is 6.38.